The van der Waals surface area contributed by atoms with E-state index in [0.29, 0.717) is 11.1 Å². The summed E-state index contributed by atoms with van der Waals surface area (Å²) in [7, 11) is 0. The molecular formula is C32H38O2. The van der Waals surface area contributed by atoms with E-state index in [2.05, 4.69) is 50.2 Å². The number of phenols is 2. The number of unbranched alkanes of at least 4 members (excludes halogenated alkanes) is 6. The molecule has 34 heavy (non-hydrogen) atoms. The summed E-state index contributed by atoms with van der Waals surface area (Å²) in [6.07, 6.45) is 12.1. The zero-order valence-electron chi connectivity index (χ0n) is 20.7. The minimum Gasteiger partial charge on any atom is -0.507 e. The van der Waals surface area contributed by atoms with Crippen LogP contribution in [0, 0.1) is 0 Å². The van der Waals surface area contributed by atoms with Gasteiger partial charge in [0.25, 0.3) is 0 Å². The van der Waals surface area contributed by atoms with E-state index < -0.39 is 0 Å². The van der Waals surface area contributed by atoms with Crippen LogP contribution in [-0.2, 0) is 12.8 Å². The standard InChI is InChI=1S/C32H38O2/c1-3-5-7-9-11-23-13-17-27-25(21-23)15-19-29(33)31(27)32-28-18-14-24(12-10-8-6-4-2)22-26(28)16-20-30(32)34/h13-22,33-34H,3-12H2,1-2H3. The van der Waals surface area contributed by atoms with Gasteiger partial charge in [0.1, 0.15) is 11.5 Å². The lowest BCUT2D eigenvalue weighted by Gasteiger charge is -2.15. The van der Waals surface area contributed by atoms with Gasteiger partial charge in [-0.3, -0.25) is 0 Å². The first-order chi connectivity index (χ1) is 16.6. The van der Waals surface area contributed by atoms with Crippen molar-refractivity contribution >= 4 is 21.5 Å². The number of aryl methyl sites for hydroxylation is 2. The smallest absolute Gasteiger partial charge is 0.124 e. The van der Waals surface area contributed by atoms with Gasteiger partial charge in [-0.1, -0.05) is 101 Å². The fraction of sp³-hybridized carbons (Fsp3) is 0.375. The molecule has 0 atom stereocenters. The van der Waals surface area contributed by atoms with Gasteiger partial charge in [-0.05, 0) is 70.5 Å². The first kappa shape index (κ1) is 24.1. The summed E-state index contributed by atoms with van der Waals surface area (Å²) in [5.74, 6) is 0.407. The second-order valence-corrected chi connectivity index (χ2v) is 9.65. The molecule has 2 N–H and O–H groups in total. The van der Waals surface area contributed by atoms with Gasteiger partial charge in [0.2, 0.25) is 0 Å². The van der Waals surface area contributed by atoms with Crippen LogP contribution < -0.4 is 0 Å². The van der Waals surface area contributed by atoms with Gasteiger partial charge in [0.15, 0.2) is 0 Å². The minimum atomic E-state index is 0.203. The molecule has 4 rings (SSSR count). The number of aromatic hydroxyl groups is 2. The minimum absolute atomic E-state index is 0.203. The lowest BCUT2D eigenvalue weighted by molar-refractivity contribution is 0.470. The van der Waals surface area contributed by atoms with E-state index in [1.54, 1.807) is 12.1 Å². The first-order valence-corrected chi connectivity index (χ1v) is 13.1. The molecule has 0 aromatic heterocycles. The maximum atomic E-state index is 10.9. The molecule has 0 aliphatic carbocycles. The summed E-state index contributed by atoms with van der Waals surface area (Å²) < 4.78 is 0. The Bertz CT molecular complexity index is 1160. The number of fused-ring (bicyclic) bond motifs is 2. The molecule has 0 unspecified atom stereocenters. The topological polar surface area (TPSA) is 40.5 Å². The highest BCUT2D eigenvalue weighted by Gasteiger charge is 2.17. The summed E-state index contributed by atoms with van der Waals surface area (Å²) in [4.78, 5) is 0. The zero-order valence-corrected chi connectivity index (χ0v) is 20.7. The Labute approximate surface area is 204 Å². The zero-order chi connectivity index (χ0) is 23.9. The van der Waals surface area contributed by atoms with Crippen LogP contribution in [0.15, 0.2) is 60.7 Å². The van der Waals surface area contributed by atoms with Crippen molar-refractivity contribution in [1.29, 1.82) is 0 Å². The summed E-state index contributed by atoms with van der Waals surface area (Å²) in [5.41, 5.74) is 4.09. The van der Waals surface area contributed by atoms with Crippen LogP contribution in [0.4, 0.5) is 0 Å². The maximum Gasteiger partial charge on any atom is 0.124 e. The van der Waals surface area contributed by atoms with Crippen molar-refractivity contribution < 1.29 is 10.2 Å². The van der Waals surface area contributed by atoms with E-state index >= 15 is 0 Å². The van der Waals surface area contributed by atoms with Crippen molar-refractivity contribution in [3.05, 3.63) is 71.8 Å². The normalized spacial score (nSPS) is 11.5. The largest absolute Gasteiger partial charge is 0.507 e. The predicted octanol–water partition coefficient (Wildman–Crippen LogP) is 9.32. The van der Waals surface area contributed by atoms with Crippen LogP contribution in [0.2, 0.25) is 0 Å². The summed E-state index contributed by atoms with van der Waals surface area (Å²) >= 11 is 0. The average molecular weight is 455 g/mol. The van der Waals surface area contributed by atoms with Crippen molar-refractivity contribution in [2.24, 2.45) is 0 Å². The van der Waals surface area contributed by atoms with Gasteiger partial charge < -0.3 is 10.2 Å². The van der Waals surface area contributed by atoms with E-state index in [1.807, 2.05) is 12.1 Å². The Hall–Kier alpha value is -3.00. The number of rotatable bonds is 11. The molecular weight excluding hydrogens is 416 g/mol. The molecule has 0 fully saturated rings. The van der Waals surface area contributed by atoms with Gasteiger partial charge >= 0.3 is 0 Å². The predicted molar refractivity (Wildman–Crippen MR) is 146 cm³/mol. The molecule has 4 aromatic carbocycles. The Balaban J connectivity index is 1.72. The lowest BCUT2D eigenvalue weighted by Crippen LogP contribution is -1.91. The van der Waals surface area contributed by atoms with E-state index in [4.69, 9.17) is 0 Å². The molecule has 2 nitrogen and oxygen atoms in total. The molecule has 178 valence electrons. The number of benzene rings is 4. The van der Waals surface area contributed by atoms with Crippen molar-refractivity contribution in [2.45, 2.75) is 78.1 Å². The highest BCUT2D eigenvalue weighted by molar-refractivity contribution is 6.09. The summed E-state index contributed by atoms with van der Waals surface area (Å²) in [6.45, 7) is 4.47. The van der Waals surface area contributed by atoms with E-state index in [0.717, 1.165) is 34.4 Å². The monoisotopic (exact) mass is 454 g/mol. The Morgan fingerprint density at radius 2 is 0.941 bits per heavy atom. The molecule has 4 aromatic rings. The van der Waals surface area contributed by atoms with Crippen molar-refractivity contribution in [3.8, 4) is 22.6 Å². The van der Waals surface area contributed by atoms with E-state index in [1.165, 1.54) is 62.5 Å². The molecule has 0 amide bonds. The molecule has 0 saturated carbocycles. The molecule has 2 heteroatoms. The van der Waals surface area contributed by atoms with Gasteiger partial charge in [0, 0.05) is 11.1 Å². The van der Waals surface area contributed by atoms with Gasteiger partial charge in [-0.15, -0.1) is 0 Å². The van der Waals surface area contributed by atoms with Crippen LogP contribution in [0.25, 0.3) is 32.7 Å². The first-order valence-electron chi connectivity index (χ1n) is 13.1. The second kappa shape index (κ2) is 11.4. The molecule has 0 heterocycles. The second-order valence-electron chi connectivity index (χ2n) is 9.65. The number of hydrogen-bond acceptors (Lipinski definition) is 2. The number of phenolic OH excluding ortho intramolecular Hbond substituents is 2. The maximum absolute atomic E-state index is 10.9. The van der Waals surface area contributed by atoms with Gasteiger partial charge in [0.05, 0.1) is 0 Å². The van der Waals surface area contributed by atoms with Crippen molar-refractivity contribution in [2.75, 3.05) is 0 Å². The molecule has 0 aliphatic rings. The SMILES string of the molecule is CCCCCCc1ccc2c(-c3c(O)ccc4cc(CCCCCC)ccc34)c(O)ccc2c1. The molecule has 0 spiro atoms. The highest BCUT2D eigenvalue weighted by atomic mass is 16.3. The third kappa shape index (κ3) is 5.38. The van der Waals surface area contributed by atoms with Crippen LogP contribution in [-0.4, -0.2) is 10.2 Å². The van der Waals surface area contributed by atoms with Crippen LogP contribution in [0.3, 0.4) is 0 Å². The van der Waals surface area contributed by atoms with E-state index in [-0.39, 0.29) is 11.5 Å². The quantitative estimate of drug-likeness (QED) is 0.222. The Kier molecular flexibility index (Phi) is 8.11. The Morgan fingerprint density at radius 3 is 1.35 bits per heavy atom. The highest BCUT2D eigenvalue weighted by Crippen LogP contribution is 2.44. The molecule has 0 saturated heterocycles. The van der Waals surface area contributed by atoms with Gasteiger partial charge in [-0.2, -0.15) is 0 Å². The third-order valence-electron chi connectivity index (χ3n) is 7.01. The Morgan fingerprint density at radius 1 is 0.500 bits per heavy atom. The van der Waals surface area contributed by atoms with E-state index in [9.17, 15) is 10.2 Å². The van der Waals surface area contributed by atoms with Gasteiger partial charge in [-0.25, -0.2) is 0 Å². The fourth-order valence-corrected chi connectivity index (χ4v) is 5.08. The van der Waals surface area contributed by atoms with Crippen molar-refractivity contribution in [1.82, 2.24) is 0 Å². The summed E-state index contributed by atoms with van der Waals surface area (Å²) in [5, 5.41) is 26.0. The molecule has 0 bridgehead atoms. The lowest BCUT2D eigenvalue weighted by atomic mass is 9.90. The third-order valence-corrected chi connectivity index (χ3v) is 7.01. The van der Waals surface area contributed by atoms with Crippen molar-refractivity contribution in [3.63, 3.8) is 0 Å². The molecule has 0 aliphatic heterocycles. The number of hydrogen-bond donors (Lipinski definition) is 2. The van der Waals surface area contributed by atoms with Crippen LogP contribution >= 0.6 is 0 Å². The summed E-state index contributed by atoms with van der Waals surface area (Å²) in [6, 6.07) is 20.5. The average Bonchev–Trinajstić information content (AvgIpc) is 2.85. The fourth-order valence-electron chi connectivity index (χ4n) is 5.08. The van der Waals surface area contributed by atoms with Crippen LogP contribution in [0.1, 0.15) is 76.3 Å². The molecule has 0 radical (unpaired) electrons. The van der Waals surface area contributed by atoms with Crippen LogP contribution in [0.5, 0.6) is 11.5 Å².